The van der Waals surface area contributed by atoms with Crippen molar-refractivity contribution >= 4 is 0 Å². The van der Waals surface area contributed by atoms with Crippen LogP contribution in [-0.4, -0.2) is 47.3 Å². The van der Waals surface area contributed by atoms with E-state index in [0.717, 1.165) is 32.7 Å². The number of nitrogens with two attached hydrogens (primary N) is 1. The van der Waals surface area contributed by atoms with Crippen LogP contribution >= 0.6 is 0 Å². The number of nitrogens with zero attached hydrogens (tertiary/aromatic N) is 3. The van der Waals surface area contributed by atoms with E-state index in [0.29, 0.717) is 17.6 Å². The molecule has 3 unspecified atom stereocenters. The first-order valence-corrected chi connectivity index (χ1v) is 7.96. The molecule has 1 aliphatic rings. The van der Waals surface area contributed by atoms with Crippen LogP contribution in [-0.2, 0) is 4.74 Å². The lowest BCUT2D eigenvalue weighted by Gasteiger charge is -2.31. The predicted octanol–water partition coefficient (Wildman–Crippen LogP) is 1.94. The summed E-state index contributed by atoms with van der Waals surface area (Å²) in [6, 6.07) is -0.0119. The molecular weight excluding hydrogens is 268 g/mol. The first kappa shape index (κ1) is 16.4. The summed E-state index contributed by atoms with van der Waals surface area (Å²) < 4.78 is 11.3. The molecule has 1 fully saturated rings. The van der Waals surface area contributed by atoms with Gasteiger partial charge in [0.25, 0.3) is 0 Å². The molecule has 120 valence electrons. The molecule has 1 aromatic heterocycles. The number of hydrogen-bond acceptors (Lipinski definition) is 6. The van der Waals surface area contributed by atoms with Crippen molar-refractivity contribution in [2.45, 2.75) is 52.2 Å². The van der Waals surface area contributed by atoms with E-state index in [9.17, 15) is 0 Å². The molecule has 1 aromatic rings. The molecule has 21 heavy (non-hydrogen) atoms. The van der Waals surface area contributed by atoms with E-state index >= 15 is 0 Å². The largest absolute Gasteiger partial charge is 0.367 e. The minimum absolute atomic E-state index is 0.0119. The summed E-state index contributed by atoms with van der Waals surface area (Å²) in [5, 5.41) is 4.13. The molecule has 2 heterocycles. The van der Waals surface area contributed by atoms with Gasteiger partial charge in [-0.2, -0.15) is 4.98 Å². The van der Waals surface area contributed by atoms with Crippen molar-refractivity contribution in [3.63, 3.8) is 0 Å². The zero-order valence-electron chi connectivity index (χ0n) is 13.6. The lowest BCUT2D eigenvalue weighted by Crippen LogP contribution is -2.39. The SMILES string of the molecule is CCCN1CCOC(c2noc(C(C(C)C)C(C)N)n2)C1. The maximum atomic E-state index is 6.05. The zero-order valence-corrected chi connectivity index (χ0v) is 13.6. The van der Waals surface area contributed by atoms with Crippen LogP contribution in [0.1, 0.15) is 57.9 Å². The molecule has 0 radical (unpaired) electrons. The van der Waals surface area contributed by atoms with E-state index < -0.39 is 0 Å². The van der Waals surface area contributed by atoms with E-state index in [-0.39, 0.29) is 18.1 Å². The summed E-state index contributed by atoms with van der Waals surface area (Å²) >= 11 is 0. The van der Waals surface area contributed by atoms with Gasteiger partial charge in [0.05, 0.1) is 12.5 Å². The molecular formula is C15H28N4O2. The molecule has 2 rings (SSSR count). The van der Waals surface area contributed by atoms with Gasteiger partial charge in [-0.1, -0.05) is 25.9 Å². The molecule has 1 aliphatic heterocycles. The Kier molecular flexibility index (Phi) is 5.72. The van der Waals surface area contributed by atoms with Crippen molar-refractivity contribution in [2.75, 3.05) is 26.2 Å². The van der Waals surface area contributed by atoms with E-state index in [1.54, 1.807) is 0 Å². The van der Waals surface area contributed by atoms with Crippen molar-refractivity contribution in [2.24, 2.45) is 11.7 Å². The Bertz CT molecular complexity index is 423. The molecule has 0 aromatic carbocycles. The van der Waals surface area contributed by atoms with Crippen LogP contribution in [0, 0.1) is 5.92 Å². The molecule has 6 nitrogen and oxygen atoms in total. The van der Waals surface area contributed by atoms with Crippen molar-refractivity contribution in [3.8, 4) is 0 Å². The maximum Gasteiger partial charge on any atom is 0.231 e. The van der Waals surface area contributed by atoms with Gasteiger partial charge in [-0.05, 0) is 25.8 Å². The number of rotatable bonds is 6. The van der Waals surface area contributed by atoms with Gasteiger partial charge in [0.1, 0.15) is 6.10 Å². The highest BCUT2D eigenvalue weighted by Crippen LogP contribution is 2.28. The Balaban J connectivity index is 2.08. The Hall–Kier alpha value is -0.980. The highest BCUT2D eigenvalue weighted by Gasteiger charge is 2.30. The van der Waals surface area contributed by atoms with Gasteiger partial charge in [-0.3, -0.25) is 4.90 Å². The Morgan fingerprint density at radius 3 is 2.76 bits per heavy atom. The van der Waals surface area contributed by atoms with Gasteiger partial charge in [0.15, 0.2) is 0 Å². The zero-order chi connectivity index (χ0) is 15.4. The third-order valence-corrected chi connectivity index (χ3v) is 4.01. The Labute approximate surface area is 127 Å². The van der Waals surface area contributed by atoms with Gasteiger partial charge >= 0.3 is 0 Å². The Morgan fingerprint density at radius 1 is 1.38 bits per heavy atom. The van der Waals surface area contributed by atoms with Gasteiger partial charge in [0.2, 0.25) is 11.7 Å². The second-order valence-electron chi connectivity index (χ2n) is 6.28. The summed E-state index contributed by atoms with van der Waals surface area (Å²) in [6.07, 6.45) is 1.05. The molecule has 2 N–H and O–H groups in total. The molecule has 3 atom stereocenters. The predicted molar refractivity (Wildman–Crippen MR) is 81.0 cm³/mol. The number of ether oxygens (including phenoxy) is 1. The minimum Gasteiger partial charge on any atom is -0.367 e. The highest BCUT2D eigenvalue weighted by molar-refractivity contribution is 5.02. The second-order valence-corrected chi connectivity index (χ2v) is 6.28. The first-order chi connectivity index (χ1) is 10.0. The summed E-state index contributed by atoms with van der Waals surface area (Å²) in [5.74, 6) is 1.73. The van der Waals surface area contributed by atoms with Gasteiger partial charge in [0, 0.05) is 19.1 Å². The third kappa shape index (κ3) is 4.02. The van der Waals surface area contributed by atoms with Crippen LogP contribution in [0.3, 0.4) is 0 Å². The van der Waals surface area contributed by atoms with Crippen LogP contribution in [0.4, 0.5) is 0 Å². The summed E-state index contributed by atoms with van der Waals surface area (Å²) in [5.41, 5.74) is 6.05. The number of morpholine rings is 1. The fourth-order valence-electron chi connectivity index (χ4n) is 3.01. The lowest BCUT2D eigenvalue weighted by atomic mass is 9.90. The highest BCUT2D eigenvalue weighted by atomic mass is 16.5. The fraction of sp³-hybridized carbons (Fsp3) is 0.867. The standard InChI is InChI=1S/C15H28N4O2/c1-5-6-19-7-8-20-12(9-19)14-17-15(21-18-14)13(10(2)3)11(4)16/h10-13H,5-9,16H2,1-4H3. The molecule has 0 saturated carbocycles. The van der Waals surface area contributed by atoms with E-state index in [1.807, 2.05) is 6.92 Å². The maximum absolute atomic E-state index is 6.05. The smallest absolute Gasteiger partial charge is 0.231 e. The van der Waals surface area contributed by atoms with Gasteiger partial charge in [-0.25, -0.2) is 0 Å². The van der Waals surface area contributed by atoms with Crippen LogP contribution in [0.5, 0.6) is 0 Å². The van der Waals surface area contributed by atoms with Gasteiger partial charge in [-0.15, -0.1) is 0 Å². The average Bonchev–Trinajstić information content (AvgIpc) is 2.88. The fourth-order valence-corrected chi connectivity index (χ4v) is 3.01. The monoisotopic (exact) mass is 296 g/mol. The molecule has 1 saturated heterocycles. The molecule has 6 heteroatoms. The Morgan fingerprint density at radius 2 is 2.14 bits per heavy atom. The van der Waals surface area contributed by atoms with Crippen LogP contribution in [0.15, 0.2) is 4.52 Å². The number of aromatic nitrogens is 2. The van der Waals surface area contributed by atoms with E-state index in [1.165, 1.54) is 0 Å². The van der Waals surface area contributed by atoms with Crippen molar-refractivity contribution < 1.29 is 9.26 Å². The second kappa shape index (κ2) is 7.33. The molecule has 0 amide bonds. The van der Waals surface area contributed by atoms with Crippen molar-refractivity contribution in [3.05, 3.63) is 11.7 Å². The van der Waals surface area contributed by atoms with E-state index in [2.05, 4.69) is 35.8 Å². The quantitative estimate of drug-likeness (QED) is 0.864. The summed E-state index contributed by atoms with van der Waals surface area (Å²) in [7, 11) is 0. The van der Waals surface area contributed by atoms with Crippen molar-refractivity contribution in [1.82, 2.24) is 15.0 Å². The molecule has 0 aliphatic carbocycles. The molecule has 0 spiro atoms. The first-order valence-electron chi connectivity index (χ1n) is 7.96. The van der Waals surface area contributed by atoms with Crippen LogP contribution < -0.4 is 5.73 Å². The lowest BCUT2D eigenvalue weighted by molar-refractivity contribution is -0.0350. The third-order valence-electron chi connectivity index (χ3n) is 4.01. The van der Waals surface area contributed by atoms with Crippen LogP contribution in [0.25, 0.3) is 0 Å². The summed E-state index contributed by atoms with van der Waals surface area (Å²) in [4.78, 5) is 6.95. The topological polar surface area (TPSA) is 77.4 Å². The normalized spacial score (nSPS) is 23.4. The minimum atomic E-state index is -0.0938. The van der Waals surface area contributed by atoms with Gasteiger partial charge < -0.3 is 15.0 Å². The average molecular weight is 296 g/mol. The summed E-state index contributed by atoms with van der Waals surface area (Å²) in [6.45, 7) is 12.0. The molecule has 0 bridgehead atoms. The van der Waals surface area contributed by atoms with Crippen molar-refractivity contribution in [1.29, 1.82) is 0 Å². The number of hydrogen-bond donors (Lipinski definition) is 1. The van der Waals surface area contributed by atoms with Crippen LogP contribution in [0.2, 0.25) is 0 Å². The van der Waals surface area contributed by atoms with E-state index in [4.69, 9.17) is 15.0 Å².